The van der Waals surface area contributed by atoms with Crippen molar-refractivity contribution in [3.8, 4) is 11.5 Å². The number of carbonyl (C=O) groups excluding carboxylic acids is 1. The molecule has 0 N–H and O–H groups in total. The van der Waals surface area contributed by atoms with Gasteiger partial charge in [0.05, 0.1) is 29.2 Å². The van der Waals surface area contributed by atoms with Crippen molar-refractivity contribution in [3.05, 3.63) is 84.4 Å². The predicted octanol–water partition coefficient (Wildman–Crippen LogP) is 8.39. The number of esters is 1. The number of benzene rings is 3. The van der Waals surface area contributed by atoms with Crippen LogP contribution in [0, 0.1) is 0 Å². The number of carbonyl (C=O) groups is 1. The smallest absolute Gasteiger partial charge is 0.370 e. The van der Waals surface area contributed by atoms with Gasteiger partial charge in [-0.2, -0.15) is 4.39 Å². The number of ether oxygens (including phenoxy) is 3. The molecule has 1 aliphatic heterocycles. The fraction of sp³-hybridized carbons (Fsp3) is 0.344. The van der Waals surface area contributed by atoms with E-state index in [0.717, 1.165) is 65.5 Å². The summed E-state index contributed by atoms with van der Waals surface area (Å²) in [6.07, 6.45) is 6.06. The van der Waals surface area contributed by atoms with Crippen molar-refractivity contribution in [3.63, 3.8) is 0 Å². The van der Waals surface area contributed by atoms with Crippen LogP contribution in [0.15, 0.2) is 88.6 Å². The van der Waals surface area contributed by atoms with Gasteiger partial charge in [-0.25, -0.2) is 9.10 Å². The van der Waals surface area contributed by atoms with E-state index in [9.17, 15) is 9.18 Å². The Balaban J connectivity index is 1.77. The third-order valence-electron chi connectivity index (χ3n) is 6.77. The Morgan fingerprint density at radius 1 is 1.12 bits per heavy atom. The number of para-hydroxylation sites is 1. The van der Waals surface area contributed by atoms with E-state index in [1.54, 1.807) is 26.0 Å². The quantitative estimate of drug-likeness (QED) is 0.0679. The molecule has 9 heteroatoms. The predicted molar refractivity (Wildman–Crippen MR) is 166 cm³/mol. The maximum Gasteiger partial charge on any atom is 0.370 e. The Hall–Kier alpha value is -3.14. The highest BCUT2D eigenvalue weighted by Crippen LogP contribution is 2.47. The lowest BCUT2D eigenvalue weighted by Crippen LogP contribution is -2.37. The van der Waals surface area contributed by atoms with Crippen LogP contribution in [0.2, 0.25) is 0 Å². The molecular formula is C32H37FN2O4S2. The molecule has 0 aliphatic carbocycles. The zero-order valence-corrected chi connectivity index (χ0v) is 25.6. The molecule has 4 rings (SSSR count). The number of rotatable bonds is 12. The summed E-state index contributed by atoms with van der Waals surface area (Å²) in [5.74, 6) is -0.808. The lowest BCUT2D eigenvalue weighted by molar-refractivity contribution is -0.140. The van der Waals surface area contributed by atoms with E-state index >= 15 is 0 Å². The minimum Gasteiger partial charge on any atom is -0.497 e. The second-order valence-corrected chi connectivity index (χ2v) is 11.5. The van der Waals surface area contributed by atoms with Gasteiger partial charge in [0.15, 0.2) is 0 Å². The number of fused-ring (bicyclic) bond motifs is 1. The fourth-order valence-electron chi connectivity index (χ4n) is 4.63. The van der Waals surface area contributed by atoms with Gasteiger partial charge in [-0.15, -0.1) is 11.8 Å². The minimum atomic E-state index is -1.08. The molecule has 0 spiro atoms. The van der Waals surface area contributed by atoms with Crippen molar-refractivity contribution < 1.29 is 23.4 Å². The Kier molecular flexibility index (Phi) is 11.4. The van der Waals surface area contributed by atoms with Crippen LogP contribution in [-0.2, 0) is 16.1 Å². The largest absolute Gasteiger partial charge is 0.497 e. The highest BCUT2D eigenvalue weighted by molar-refractivity contribution is 7.98. The summed E-state index contributed by atoms with van der Waals surface area (Å²) in [6, 6.07) is 22.9. The molecule has 0 aromatic heterocycles. The number of anilines is 2. The van der Waals surface area contributed by atoms with Crippen LogP contribution in [-0.4, -0.2) is 42.8 Å². The van der Waals surface area contributed by atoms with Gasteiger partial charge in [0.25, 0.3) is 0 Å². The van der Waals surface area contributed by atoms with Gasteiger partial charge in [0.2, 0.25) is 5.83 Å². The van der Waals surface area contributed by atoms with E-state index in [2.05, 4.69) is 58.6 Å². The topological polar surface area (TPSA) is 51.2 Å². The van der Waals surface area contributed by atoms with E-state index in [1.807, 2.05) is 30.5 Å². The van der Waals surface area contributed by atoms with Crippen molar-refractivity contribution in [1.29, 1.82) is 0 Å². The summed E-state index contributed by atoms with van der Waals surface area (Å²) >= 11 is 3.20. The standard InChI is InChI=1S/C32H37FN2O4S2/c1-5-7-11-25-21-34(24-12-9-8-10-13-24)28-18-31(40-4)29(39-22-27(33)32(36)38-6-2)19-30(28)41-35(25)20-23-14-16-26(37-3)17-15-23/h8-10,12-19,22,25H,5-7,11,20-21H2,1-4H3/b27-22-. The molecule has 0 fully saturated rings. The highest BCUT2D eigenvalue weighted by atomic mass is 32.2. The molecule has 0 saturated heterocycles. The maximum atomic E-state index is 14.3. The lowest BCUT2D eigenvalue weighted by Gasteiger charge is -2.32. The zero-order valence-electron chi connectivity index (χ0n) is 24.0. The first-order valence-electron chi connectivity index (χ1n) is 13.8. The molecular weight excluding hydrogens is 559 g/mol. The van der Waals surface area contributed by atoms with Gasteiger partial charge in [0.1, 0.15) is 17.8 Å². The van der Waals surface area contributed by atoms with Crippen LogP contribution >= 0.6 is 23.7 Å². The third kappa shape index (κ3) is 7.99. The van der Waals surface area contributed by atoms with Gasteiger partial charge in [-0.05, 0) is 73.5 Å². The number of nitrogens with zero attached hydrogens (tertiary/aromatic N) is 2. The van der Waals surface area contributed by atoms with Crippen molar-refractivity contribution in [2.45, 2.75) is 55.5 Å². The van der Waals surface area contributed by atoms with Crippen molar-refractivity contribution in [2.75, 3.05) is 31.4 Å². The minimum absolute atomic E-state index is 0.0875. The summed E-state index contributed by atoms with van der Waals surface area (Å²) in [7, 11) is 1.67. The number of unbranched alkanes of at least 4 members (excludes halogenated alkanes) is 1. The monoisotopic (exact) mass is 596 g/mol. The molecule has 0 bridgehead atoms. The number of hydrogen-bond donors (Lipinski definition) is 0. The highest BCUT2D eigenvalue weighted by Gasteiger charge is 2.31. The van der Waals surface area contributed by atoms with Gasteiger partial charge in [0, 0.05) is 24.8 Å². The molecule has 1 heterocycles. The normalized spacial score (nSPS) is 15.7. The summed E-state index contributed by atoms with van der Waals surface area (Å²) in [5.41, 5.74) is 3.36. The molecule has 0 amide bonds. The maximum absolute atomic E-state index is 14.3. The van der Waals surface area contributed by atoms with E-state index in [4.69, 9.17) is 14.2 Å². The first kappa shape index (κ1) is 30.8. The molecule has 41 heavy (non-hydrogen) atoms. The van der Waals surface area contributed by atoms with Gasteiger partial charge in [-0.1, -0.05) is 50.1 Å². The Labute approximate surface area is 251 Å². The second-order valence-electron chi connectivity index (χ2n) is 9.53. The van der Waals surface area contributed by atoms with Gasteiger partial charge in [-0.3, -0.25) is 0 Å². The molecule has 0 saturated carbocycles. The molecule has 1 atom stereocenters. The first-order chi connectivity index (χ1) is 20.0. The summed E-state index contributed by atoms with van der Waals surface area (Å²) in [5, 5.41) is 0. The number of thioether (sulfide) groups is 1. The Morgan fingerprint density at radius 2 is 1.88 bits per heavy atom. The summed E-state index contributed by atoms with van der Waals surface area (Å²) < 4.78 is 32.7. The second kappa shape index (κ2) is 15.2. The average Bonchev–Trinajstić information content (AvgIpc) is 3.15. The third-order valence-corrected chi connectivity index (χ3v) is 8.71. The summed E-state index contributed by atoms with van der Waals surface area (Å²) in [4.78, 5) is 16.0. The van der Waals surface area contributed by atoms with Crippen LogP contribution in [0.3, 0.4) is 0 Å². The van der Waals surface area contributed by atoms with Crippen molar-refractivity contribution in [2.24, 2.45) is 0 Å². The van der Waals surface area contributed by atoms with E-state index in [-0.39, 0.29) is 12.6 Å². The van der Waals surface area contributed by atoms with E-state index in [1.165, 1.54) is 17.3 Å². The number of methoxy groups -OCH3 is 1. The van der Waals surface area contributed by atoms with E-state index in [0.29, 0.717) is 5.75 Å². The number of hydrogen-bond acceptors (Lipinski definition) is 8. The van der Waals surface area contributed by atoms with E-state index < -0.39 is 11.8 Å². The van der Waals surface area contributed by atoms with Crippen LogP contribution in [0.5, 0.6) is 11.5 Å². The van der Waals surface area contributed by atoms with Crippen LogP contribution < -0.4 is 14.4 Å². The van der Waals surface area contributed by atoms with Gasteiger partial charge >= 0.3 is 5.97 Å². The van der Waals surface area contributed by atoms with Crippen molar-refractivity contribution in [1.82, 2.24) is 4.31 Å². The van der Waals surface area contributed by atoms with Crippen LogP contribution in [0.1, 0.15) is 38.7 Å². The average molecular weight is 597 g/mol. The number of halogens is 1. The summed E-state index contributed by atoms with van der Waals surface area (Å²) in [6.45, 7) is 5.49. The first-order valence-corrected chi connectivity index (χ1v) is 15.8. The fourth-order valence-corrected chi connectivity index (χ4v) is 6.38. The van der Waals surface area contributed by atoms with Gasteiger partial charge < -0.3 is 19.1 Å². The Morgan fingerprint density at radius 3 is 2.54 bits per heavy atom. The van der Waals surface area contributed by atoms with Crippen molar-refractivity contribution >= 4 is 41.1 Å². The zero-order chi connectivity index (χ0) is 29.2. The Bertz CT molecular complexity index is 1320. The molecule has 1 aliphatic rings. The van der Waals surface area contributed by atoms with Crippen LogP contribution in [0.4, 0.5) is 15.8 Å². The molecule has 218 valence electrons. The molecule has 3 aromatic rings. The molecule has 0 radical (unpaired) electrons. The lowest BCUT2D eigenvalue weighted by atomic mass is 10.1. The molecule has 1 unspecified atom stereocenters. The molecule has 6 nitrogen and oxygen atoms in total. The van der Waals surface area contributed by atoms with Crippen LogP contribution in [0.25, 0.3) is 0 Å². The SMILES string of the molecule is CCCCC1CN(c2ccccc2)c2cc(SC)c(O/C=C(\F)C(=O)OCC)cc2SN1Cc1ccc(OC)cc1. The molecule has 3 aromatic carbocycles.